The van der Waals surface area contributed by atoms with Gasteiger partial charge in [0.2, 0.25) is 0 Å². The van der Waals surface area contributed by atoms with Crippen LogP contribution in [0, 0.1) is 0 Å². The first-order valence-corrected chi connectivity index (χ1v) is 7.01. The van der Waals surface area contributed by atoms with Crippen molar-refractivity contribution in [2.75, 3.05) is 51.0 Å². The highest BCUT2D eigenvalue weighted by Gasteiger charge is 2.27. The summed E-state index contributed by atoms with van der Waals surface area (Å²) in [5, 5.41) is 5.35. The molecule has 3 rings (SSSR count). The molecule has 0 bridgehead atoms. The van der Waals surface area contributed by atoms with Gasteiger partial charge < -0.3 is 15.6 Å². The summed E-state index contributed by atoms with van der Waals surface area (Å²) >= 11 is 0. The predicted molar refractivity (Wildman–Crippen MR) is 76.2 cm³/mol. The molecule has 1 aromatic heterocycles. The fraction of sp³-hybridized carbons (Fsp3) is 0.692. The van der Waals surface area contributed by atoms with Crippen LogP contribution in [0.3, 0.4) is 0 Å². The first-order chi connectivity index (χ1) is 9.24. The average Bonchev–Trinajstić information content (AvgIpc) is 3.25. The van der Waals surface area contributed by atoms with Gasteiger partial charge in [-0.3, -0.25) is 0 Å². The van der Waals surface area contributed by atoms with Gasteiger partial charge >= 0.3 is 0 Å². The summed E-state index contributed by atoms with van der Waals surface area (Å²) in [6.45, 7) is 4.22. The van der Waals surface area contributed by atoms with E-state index in [2.05, 4.69) is 37.7 Å². The number of aromatic nitrogens is 2. The number of hydrazine groups is 1. The van der Waals surface area contributed by atoms with Gasteiger partial charge in [0.1, 0.15) is 17.5 Å². The second-order valence-corrected chi connectivity index (χ2v) is 5.42. The zero-order chi connectivity index (χ0) is 13.2. The van der Waals surface area contributed by atoms with Crippen LogP contribution in [0.2, 0.25) is 0 Å². The van der Waals surface area contributed by atoms with Gasteiger partial charge in [0, 0.05) is 45.2 Å². The Balaban J connectivity index is 1.70. The molecule has 1 aliphatic carbocycles. The molecule has 104 valence electrons. The Morgan fingerprint density at radius 1 is 1.11 bits per heavy atom. The maximum atomic E-state index is 4.64. The first-order valence-electron chi connectivity index (χ1n) is 7.01. The third-order valence-electron chi connectivity index (χ3n) is 3.72. The quantitative estimate of drug-likeness (QED) is 0.843. The molecule has 2 heterocycles. The van der Waals surface area contributed by atoms with Crippen molar-refractivity contribution in [1.82, 2.24) is 19.9 Å². The van der Waals surface area contributed by atoms with Crippen LogP contribution in [0.4, 0.5) is 11.6 Å². The van der Waals surface area contributed by atoms with Crippen molar-refractivity contribution >= 4 is 11.6 Å². The molecule has 2 fully saturated rings. The molecule has 0 aromatic carbocycles. The van der Waals surface area contributed by atoms with Gasteiger partial charge in [-0.2, -0.15) is 0 Å². The predicted octanol–water partition coefficient (Wildman–Crippen LogP) is 0.970. The van der Waals surface area contributed by atoms with Crippen LogP contribution in [0.25, 0.3) is 0 Å². The van der Waals surface area contributed by atoms with Crippen molar-refractivity contribution in [2.45, 2.75) is 18.8 Å². The normalized spacial score (nSPS) is 21.4. The minimum atomic E-state index is 0.571. The molecule has 1 saturated carbocycles. The average molecular weight is 262 g/mol. The minimum absolute atomic E-state index is 0.571. The number of piperazine rings is 1. The van der Waals surface area contributed by atoms with Gasteiger partial charge in [-0.15, -0.1) is 0 Å². The standard InChI is InChI=1S/C13H22N6/c1-14-11-9-12(16-13(15-11)10-3-4-10)17-19-7-5-18(2)6-8-19/h9-10H,3-8H2,1-2H3,(H2,14,15,16,17). The summed E-state index contributed by atoms with van der Waals surface area (Å²) in [5.74, 6) is 3.35. The van der Waals surface area contributed by atoms with E-state index in [4.69, 9.17) is 0 Å². The molecule has 0 spiro atoms. The van der Waals surface area contributed by atoms with Crippen LogP contribution in [-0.4, -0.2) is 60.2 Å². The molecule has 1 aromatic rings. The maximum absolute atomic E-state index is 4.64. The summed E-state index contributed by atoms with van der Waals surface area (Å²) < 4.78 is 0. The van der Waals surface area contributed by atoms with Crippen LogP contribution in [0.1, 0.15) is 24.6 Å². The molecule has 1 aliphatic heterocycles. The minimum Gasteiger partial charge on any atom is -0.373 e. The maximum Gasteiger partial charge on any atom is 0.146 e. The molecule has 6 heteroatoms. The van der Waals surface area contributed by atoms with Crippen molar-refractivity contribution in [3.63, 3.8) is 0 Å². The van der Waals surface area contributed by atoms with Crippen molar-refractivity contribution in [3.05, 3.63) is 11.9 Å². The summed E-state index contributed by atoms with van der Waals surface area (Å²) in [7, 11) is 4.06. The molecular weight excluding hydrogens is 240 g/mol. The van der Waals surface area contributed by atoms with Crippen LogP contribution in [-0.2, 0) is 0 Å². The van der Waals surface area contributed by atoms with E-state index in [9.17, 15) is 0 Å². The molecule has 0 amide bonds. The van der Waals surface area contributed by atoms with E-state index in [1.807, 2.05) is 13.1 Å². The number of nitrogens with one attached hydrogen (secondary N) is 2. The molecule has 2 N–H and O–H groups in total. The van der Waals surface area contributed by atoms with Gasteiger partial charge in [0.25, 0.3) is 0 Å². The van der Waals surface area contributed by atoms with Gasteiger partial charge in [-0.25, -0.2) is 15.0 Å². The summed E-state index contributed by atoms with van der Waals surface area (Å²) in [6.07, 6.45) is 2.45. The van der Waals surface area contributed by atoms with E-state index in [1.54, 1.807) is 0 Å². The van der Waals surface area contributed by atoms with Crippen molar-refractivity contribution in [3.8, 4) is 0 Å². The van der Waals surface area contributed by atoms with E-state index >= 15 is 0 Å². The third kappa shape index (κ3) is 3.13. The fourth-order valence-corrected chi connectivity index (χ4v) is 2.26. The number of anilines is 2. The van der Waals surface area contributed by atoms with Gasteiger partial charge in [-0.05, 0) is 19.9 Å². The van der Waals surface area contributed by atoms with E-state index in [0.717, 1.165) is 43.6 Å². The van der Waals surface area contributed by atoms with Crippen LogP contribution in [0.15, 0.2) is 6.07 Å². The Labute approximate surface area is 114 Å². The first kappa shape index (κ1) is 12.6. The largest absolute Gasteiger partial charge is 0.373 e. The second-order valence-electron chi connectivity index (χ2n) is 5.42. The Hall–Kier alpha value is -1.40. The van der Waals surface area contributed by atoms with Crippen molar-refractivity contribution in [1.29, 1.82) is 0 Å². The van der Waals surface area contributed by atoms with Crippen LogP contribution >= 0.6 is 0 Å². The molecule has 6 nitrogen and oxygen atoms in total. The summed E-state index contributed by atoms with van der Waals surface area (Å²) in [5.41, 5.74) is 3.41. The lowest BCUT2D eigenvalue weighted by Crippen LogP contribution is -2.47. The fourth-order valence-electron chi connectivity index (χ4n) is 2.26. The van der Waals surface area contributed by atoms with Gasteiger partial charge in [-0.1, -0.05) is 0 Å². The number of likely N-dealkylation sites (N-methyl/N-ethyl adjacent to an activating group) is 1. The highest BCUT2D eigenvalue weighted by atomic mass is 15.5. The number of nitrogens with zero attached hydrogens (tertiary/aromatic N) is 4. The monoisotopic (exact) mass is 262 g/mol. The number of hydrogen-bond acceptors (Lipinski definition) is 6. The highest BCUT2D eigenvalue weighted by Crippen LogP contribution is 2.38. The molecule has 2 aliphatic rings. The van der Waals surface area contributed by atoms with E-state index < -0.39 is 0 Å². The smallest absolute Gasteiger partial charge is 0.146 e. The van der Waals surface area contributed by atoms with Gasteiger partial charge in [0.15, 0.2) is 0 Å². The molecule has 0 unspecified atom stereocenters. The highest BCUT2D eigenvalue weighted by molar-refractivity contribution is 5.47. The lowest BCUT2D eigenvalue weighted by molar-refractivity contribution is 0.178. The summed E-state index contributed by atoms with van der Waals surface area (Å²) in [4.78, 5) is 11.5. The topological polar surface area (TPSA) is 56.3 Å². The Kier molecular flexibility index (Phi) is 3.52. The number of hydrogen-bond donors (Lipinski definition) is 2. The van der Waals surface area contributed by atoms with Crippen LogP contribution in [0.5, 0.6) is 0 Å². The Morgan fingerprint density at radius 2 is 1.79 bits per heavy atom. The Bertz CT molecular complexity index is 437. The molecule has 0 atom stereocenters. The SMILES string of the molecule is CNc1cc(NN2CCN(C)CC2)nc(C2CC2)n1. The van der Waals surface area contributed by atoms with Gasteiger partial charge in [0.05, 0.1) is 0 Å². The van der Waals surface area contributed by atoms with Crippen LogP contribution < -0.4 is 10.7 Å². The zero-order valence-corrected chi connectivity index (χ0v) is 11.7. The van der Waals surface area contributed by atoms with E-state index in [-0.39, 0.29) is 0 Å². The third-order valence-corrected chi connectivity index (χ3v) is 3.72. The van der Waals surface area contributed by atoms with E-state index in [1.165, 1.54) is 12.8 Å². The zero-order valence-electron chi connectivity index (χ0n) is 11.7. The molecule has 0 radical (unpaired) electrons. The lowest BCUT2D eigenvalue weighted by atomic mass is 10.3. The van der Waals surface area contributed by atoms with E-state index in [0.29, 0.717) is 5.92 Å². The van der Waals surface area contributed by atoms with Crippen molar-refractivity contribution < 1.29 is 0 Å². The van der Waals surface area contributed by atoms with Crippen molar-refractivity contribution in [2.24, 2.45) is 0 Å². The molecule has 19 heavy (non-hydrogen) atoms. The molecular formula is C13H22N6. The second kappa shape index (κ2) is 5.30. The lowest BCUT2D eigenvalue weighted by Gasteiger charge is -2.32. The number of rotatable bonds is 4. The summed E-state index contributed by atoms with van der Waals surface area (Å²) in [6, 6.07) is 1.98. The Morgan fingerprint density at radius 3 is 2.42 bits per heavy atom. The molecule has 1 saturated heterocycles.